The fourth-order valence-corrected chi connectivity index (χ4v) is 1.36. The molecule has 0 radical (unpaired) electrons. The van der Waals surface area contributed by atoms with Gasteiger partial charge in [0.2, 0.25) is 0 Å². The van der Waals surface area contributed by atoms with E-state index in [0.29, 0.717) is 18.0 Å². The van der Waals surface area contributed by atoms with Crippen LogP contribution in [-0.4, -0.2) is 24.1 Å². The average Bonchev–Trinajstić information content (AvgIpc) is 2.14. The lowest BCUT2D eigenvalue weighted by atomic mass is 9.99. The van der Waals surface area contributed by atoms with Crippen molar-refractivity contribution < 1.29 is 0 Å². The summed E-state index contributed by atoms with van der Waals surface area (Å²) >= 11 is 0. The molecule has 0 aliphatic carbocycles. The van der Waals surface area contributed by atoms with Crippen LogP contribution < -0.4 is 11.0 Å². The Morgan fingerprint density at radius 3 is 2.20 bits per heavy atom. The molecule has 0 spiro atoms. The summed E-state index contributed by atoms with van der Waals surface area (Å²) in [6.07, 6.45) is 0. The summed E-state index contributed by atoms with van der Waals surface area (Å²) in [6, 6.07) is 1.16. The molecule has 0 bridgehead atoms. The topological polar surface area (TPSA) is 27.3 Å². The quantitative estimate of drug-likeness (QED) is 0.555. The maximum Gasteiger partial charge on any atom is 0.0416 e. The Kier molecular flexibility index (Phi) is 2.28. The molecule has 0 aromatic rings. The number of nitrogens with one attached hydrogen (secondary N) is 2. The van der Waals surface area contributed by atoms with Crippen LogP contribution in [0.4, 0.5) is 0 Å². The SMILES string of the molecule is CC(C)C1NNN(C)C1C. The molecular formula is C7H17N3. The van der Waals surface area contributed by atoms with Gasteiger partial charge in [0, 0.05) is 19.1 Å². The van der Waals surface area contributed by atoms with E-state index < -0.39 is 0 Å². The van der Waals surface area contributed by atoms with E-state index in [1.54, 1.807) is 0 Å². The zero-order chi connectivity index (χ0) is 7.72. The van der Waals surface area contributed by atoms with Crippen LogP contribution in [0.25, 0.3) is 0 Å². The van der Waals surface area contributed by atoms with E-state index in [2.05, 4.69) is 43.8 Å². The van der Waals surface area contributed by atoms with Gasteiger partial charge in [0.1, 0.15) is 0 Å². The number of likely N-dealkylation sites (N-methyl/N-ethyl adjacent to an activating group) is 1. The first-order valence-electron chi connectivity index (χ1n) is 3.87. The summed E-state index contributed by atoms with van der Waals surface area (Å²) in [5.41, 5.74) is 6.32. The van der Waals surface area contributed by atoms with Gasteiger partial charge < -0.3 is 0 Å². The van der Waals surface area contributed by atoms with Gasteiger partial charge in [-0.3, -0.25) is 0 Å². The molecule has 0 aromatic carbocycles. The summed E-state index contributed by atoms with van der Waals surface area (Å²) in [4.78, 5) is 0. The normalized spacial score (nSPS) is 35.7. The number of hydrogen-bond donors (Lipinski definition) is 2. The monoisotopic (exact) mass is 143 g/mol. The third-order valence-corrected chi connectivity index (χ3v) is 2.26. The molecule has 1 fully saturated rings. The van der Waals surface area contributed by atoms with Gasteiger partial charge >= 0.3 is 0 Å². The highest BCUT2D eigenvalue weighted by Gasteiger charge is 2.29. The van der Waals surface area contributed by atoms with Crippen molar-refractivity contribution in [1.82, 2.24) is 16.0 Å². The molecule has 0 aromatic heterocycles. The fourth-order valence-electron chi connectivity index (χ4n) is 1.36. The van der Waals surface area contributed by atoms with Crippen LogP contribution in [0.3, 0.4) is 0 Å². The highest BCUT2D eigenvalue weighted by molar-refractivity contribution is 4.83. The van der Waals surface area contributed by atoms with Crippen molar-refractivity contribution in [2.75, 3.05) is 7.05 Å². The second kappa shape index (κ2) is 2.86. The molecule has 3 nitrogen and oxygen atoms in total. The summed E-state index contributed by atoms with van der Waals surface area (Å²) in [5.74, 6) is 0.687. The van der Waals surface area contributed by atoms with Crippen molar-refractivity contribution in [3.05, 3.63) is 0 Å². The molecule has 1 aliphatic rings. The van der Waals surface area contributed by atoms with Crippen LogP contribution >= 0.6 is 0 Å². The summed E-state index contributed by atoms with van der Waals surface area (Å²) < 4.78 is 0. The molecule has 0 saturated carbocycles. The van der Waals surface area contributed by atoms with Gasteiger partial charge in [0.25, 0.3) is 0 Å². The lowest BCUT2D eigenvalue weighted by Gasteiger charge is -2.20. The van der Waals surface area contributed by atoms with Gasteiger partial charge in [-0.05, 0) is 12.8 Å². The summed E-state index contributed by atoms with van der Waals surface area (Å²) in [5, 5.41) is 2.10. The third kappa shape index (κ3) is 1.31. The second-order valence-electron chi connectivity index (χ2n) is 3.38. The van der Waals surface area contributed by atoms with Crippen LogP contribution in [0, 0.1) is 5.92 Å². The van der Waals surface area contributed by atoms with E-state index in [1.807, 2.05) is 0 Å². The van der Waals surface area contributed by atoms with Crippen LogP contribution in [0.15, 0.2) is 0 Å². The van der Waals surface area contributed by atoms with Crippen molar-refractivity contribution in [3.63, 3.8) is 0 Å². The number of hydrazine groups is 2. The van der Waals surface area contributed by atoms with E-state index in [4.69, 9.17) is 0 Å². The molecule has 60 valence electrons. The minimum absolute atomic E-state index is 0.574. The van der Waals surface area contributed by atoms with E-state index in [-0.39, 0.29) is 0 Å². The van der Waals surface area contributed by atoms with Crippen LogP contribution in [0.2, 0.25) is 0 Å². The molecule has 2 unspecified atom stereocenters. The first kappa shape index (κ1) is 7.98. The van der Waals surface area contributed by atoms with Gasteiger partial charge in [-0.2, -0.15) is 5.53 Å². The average molecular weight is 143 g/mol. The van der Waals surface area contributed by atoms with Crippen molar-refractivity contribution >= 4 is 0 Å². The number of rotatable bonds is 1. The Hall–Kier alpha value is -0.120. The maximum absolute atomic E-state index is 3.23. The van der Waals surface area contributed by atoms with E-state index in [0.717, 1.165) is 0 Å². The van der Waals surface area contributed by atoms with Gasteiger partial charge in [0.15, 0.2) is 0 Å². The number of hydrogen-bond acceptors (Lipinski definition) is 3. The smallest absolute Gasteiger partial charge is 0.0416 e. The van der Waals surface area contributed by atoms with Crippen molar-refractivity contribution in [2.45, 2.75) is 32.9 Å². The van der Waals surface area contributed by atoms with Crippen LogP contribution in [-0.2, 0) is 0 Å². The Morgan fingerprint density at radius 2 is 2.00 bits per heavy atom. The molecular weight excluding hydrogens is 126 g/mol. The Bertz CT molecular complexity index is 113. The minimum Gasteiger partial charge on any atom is -0.239 e. The predicted octanol–water partition coefficient (Wildman–Crippen LogP) is 0.354. The zero-order valence-electron chi connectivity index (χ0n) is 7.18. The molecule has 1 saturated heterocycles. The lowest BCUT2D eigenvalue weighted by Crippen LogP contribution is -2.36. The van der Waals surface area contributed by atoms with Crippen molar-refractivity contribution in [2.24, 2.45) is 5.92 Å². The Labute approximate surface area is 62.7 Å². The first-order valence-corrected chi connectivity index (χ1v) is 3.87. The molecule has 3 heteroatoms. The van der Waals surface area contributed by atoms with Gasteiger partial charge in [-0.25, -0.2) is 10.4 Å². The van der Waals surface area contributed by atoms with Crippen molar-refractivity contribution in [3.8, 4) is 0 Å². The molecule has 2 N–H and O–H groups in total. The Morgan fingerprint density at radius 1 is 1.40 bits per heavy atom. The molecule has 1 aliphatic heterocycles. The third-order valence-electron chi connectivity index (χ3n) is 2.26. The molecule has 1 rings (SSSR count). The standard InChI is InChI=1S/C7H17N3/c1-5(2)7-6(3)10(4)9-8-7/h5-9H,1-4H3. The second-order valence-corrected chi connectivity index (χ2v) is 3.38. The van der Waals surface area contributed by atoms with Gasteiger partial charge in [0.05, 0.1) is 0 Å². The van der Waals surface area contributed by atoms with E-state index >= 15 is 0 Å². The minimum atomic E-state index is 0.574. The van der Waals surface area contributed by atoms with Gasteiger partial charge in [-0.1, -0.05) is 13.8 Å². The van der Waals surface area contributed by atoms with E-state index in [9.17, 15) is 0 Å². The molecule has 0 amide bonds. The predicted molar refractivity (Wildman–Crippen MR) is 42.1 cm³/mol. The van der Waals surface area contributed by atoms with Crippen LogP contribution in [0.5, 0.6) is 0 Å². The zero-order valence-corrected chi connectivity index (χ0v) is 7.18. The molecule has 10 heavy (non-hydrogen) atoms. The maximum atomic E-state index is 3.23. The highest BCUT2D eigenvalue weighted by atomic mass is 15.7. The van der Waals surface area contributed by atoms with Gasteiger partial charge in [-0.15, -0.1) is 0 Å². The molecule has 2 atom stereocenters. The lowest BCUT2D eigenvalue weighted by molar-refractivity contribution is 0.231. The summed E-state index contributed by atoms with van der Waals surface area (Å²) in [7, 11) is 2.06. The largest absolute Gasteiger partial charge is 0.239 e. The highest BCUT2D eigenvalue weighted by Crippen LogP contribution is 2.12. The first-order chi connectivity index (χ1) is 4.63. The molecule has 1 heterocycles. The van der Waals surface area contributed by atoms with Crippen LogP contribution in [0.1, 0.15) is 20.8 Å². The number of nitrogens with zero attached hydrogens (tertiary/aromatic N) is 1. The van der Waals surface area contributed by atoms with Crippen molar-refractivity contribution in [1.29, 1.82) is 0 Å². The van der Waals surface area contributed by atoms with E-state index in [1.165, 1.54) is 0 Å². The summed E-state index contributed by atoms with van der Waals surface area (Å²) in [6.45, 7) is 6.68. The Balaban J connectivity index is 2.49. The fraction of sp³-hybridized carbons (Fsp3) is 1.00.